The third-order valence-electron chi connectivity index (χ3n) is 5.23. The molecule has 0 radical (unpaired) electrons. The lowest BCUT2D eigenvalue weighted by Crippen LogP contribution is -2.51. The van der Waals surface area contributed by atoms with Crippen molar-refractivity contribution in [2.45, 2.75) is 38.3 Å². The summed E-state index contributed by atoms with van der Waals surface area (Å²) >= 11 is 5.74. The van der Waals surface area contributed by atoms with Crippen LogP contribution in [0.15, 0.2) is 91.0 Å². The maximum Gasteiger partial charge on any atom is 0.407 e. The number of rotatable bonds is 8. The molecule has 6 heteroatoms. The lowest BCUT2D eigenvalue weighted by Gasteiger charge is -2.38. The molecule has 0 atom stereocenters. The summed E-state index contributed by atoms with van der Waals surface area (Å²) in [4.78, 5) is 11.8. The second-order valence-electron chi connectivity index (χ2n) is 9.01. The quantitative estimate of drug-likeness (QED) is 0.233. The van der Waals surface area contributed by atoms with Crippen LogP contribution in [0.5, 0.6) is 0 Å². The number of hydrogen-bond donors (Lipinski definition) is 3. The van der Waals surface area contributed by atoms with Gasteiger partial charge in [-0.25, -0.2) is 4.79 Å². The van der Waals surface area contributed by atoms with Crippen LogP contribution in [0.25, 0.3) is 0 Å². The van der Waals surface area contributed by atoms with Crippen LogP contribution >= 0.6 is 12.2 Å². The third kappa shape index (κ3) is 6.81. The van der Waals surface area contributed by atoms with Gasteiger partial charge in [0.2, 0.25) is 0 Å². The van der Waals surface area contributed by atoms with Crippen molar-refractivity contribution < 1.29 is 9.53 Å². The number of hydrogen-bond acceptors (Lipinski definition) is 3. The molecule has 0 saturated carbocycles. The topological polar surface area (TPSA) is 62.4 Å². The van der Waals surface area contributed by atoms with E-state index in [1.807, 2.05) is 75.4 Å². The van der Waals surface area contributed by atoms with Gasteiger partial charge in [-0.1, -0.05) is 91.0 Å². The van der Waals surface area contributed by atoms with Crippen molar-refractivity contribution >= 4 is 23.4 Å². The molecule has 0 spiro atoms. The molecule has 34 heavy (non-hydrogen) atoms. The van der Waals surface area contributed by atoms with Gasteiger partial charge < -0.3 is 20.7 Å². The standard InChI is InChI=1S/C28H33N3O2S/c1-27(2,3)33-26(32)30-21-13-20-29-25(34)31-28(22-14-7-4-8-15-22,23-16-9-5-10-17-23)24-18-11-6-12-19-24/h4-12,14-19H,13,20-21H2,1-3H3,(H,30,32)(H2,29,31,34). The summed E-state index contributed by atoms with van der Waals surface area (Å²) in [5, 5.41) is 10.2. The average Bonchev–Trinajstić information content (AvgIpc) is 2.83. The van der Waals surface area contributed by atoms with Gasteiger partial charge in [0, 0.05) is 13.1 Å². The van der Waals surface area contributed by atoms with Crippen molar-refractivity contribution in [2.24, 2.45) is 0 Å². The van der Waals surface area contributed by atoms with E-state index in [1.54, 1.807) is 0 Å². The molecule has 0 bridgehead atoms. The molecule has 0 aromatic heterocycles. The SMILES string of the molecule is CC(C)(C)OC(=O)NCCCNC(=S)NC(c1ccccc1)(c1ccccc1)c1ccccc1. The van der Waals surface area contributed by atoms with Gasteiger partial charge in [0.05, 0.1) is 0 Å². The first-order valence-corrected chi connectivity index (χ1v) is 11.9. The Balaban J connectivity index is 1.75. The summed E-state index contributed by atoms with van der Waals surface area (Å²) in [6, 6.07) is 30.9. The first kappa shape index (κ1) is 25.2. The second-order valence-corrected chi connectivity index (χ2v) is 9.42. The number of thiocarbonyl (C=S) groups is 1. The van der Waals surface area contributed by atoms with E-state index >= 15 is 0 Å². The Hall–Kier alpha value is -3.38. The van der Waals surface area contributed by atoms with Gasteiger partial charge in [0.15, 0.2) is 5.11 Å². The van der Waals surface area contributed by atoms with Gasteiger partial charge in [-0.3, -0.25) is 0 Å². The summed E-state index contributed by atoms with van der Waals surface area (Å²) in [7, 11) is 0. The summed E-state index contributed by atoms with van der Waals surface area (Å²) in [5.41, 5.74) is 2.08. The number of amides is 1. The van der Waals surface area contributed by atoms with Crippen molar-refractivity contribution in [3.63, 3.8) is 0 Å². The van der Waals surface area contributed by atoms with Crippen molar-refractivity contribution in [1.29, 1.82) is 0 Å². The molecular weight excluding hydrogens is 442 g/mol. The predicted octanol–water partition coefficient (Wildman–Crippen LogP) is 5.36. The minimum atomic E-state index is -0.664. The molecule has 5 nitrogen and oxygen atoms in total. The van der Waals surface area contributed by atoms with E-state index < -0.39 is 17.2 Å². The molecule has 178 valence electrons. The normalized spacial score (nSPS) is 11.4. The Kier molecular flexibility index (Phi) is 8.66. The zero-order chi connectivity index (χ0) is 24.4. The molecular formula is C28H33N3O2S. The van der Waals surface area contributed by atoms with E-state index in [-0.39, 0.29) is 0 Å². The number of nitrogens with one attached hydrogen (secondary N) is 3. The highest BCUT2D eigenvalue weighted by molar-refractivity contribution is 7.80. The largest absolute Gasteiger partial charge is 0.444 e. The minimum absolute atomic E-state index is 0.413. The monoisotopic (exact) mass is 475 g/mol. The number of carbonyl (C=O) groups excluding carboxylic acids is 1. The molecule has 0 fully saturated rings. The Morgan fingerprint density at radius 3 is 1.56 bits per heavy atom. The smallest absolute Gasteiger partial charge is 0.407 e. The Morgan fingerprint density at radius 2 is 1.15 bits per heavy atom. The maximum atomic E-state index is 11.8. The number of carbonyl (C=O) groups is 1. The van der Waals surface area contributed by atoms with Crippen LogP contribution in [0.4, 0.5) is 4.79 Å². The number of ether oxygens (including phenoxy) is 1. The zero-order valence-corrected chi connectivity index (χ0v) is 20.8. The van der Waals surface area contributed by atoms with E-state index in [4.69, 9.17) is 17.0 Å². The van der Waals surface area contributed by atoms with Gasteiger partial charge in [0.1, 0.15) is 11.1 Å². The van der Waals surface area contributed by atoms with Crippen LogP contribution in [-0.2, 0) is 10.3 Å². The van der Waals surface area contributed by atoms with Gasteiger partial charge in [-0.15, -0.1) is 0 Å². The molecule has 0 unspecified atom stereocenters. The van der Waals surface area contributed by atoms with E-state index in [0.29, 0.717) is 24.6 Å². The summed E-state index contributed by atoms with van der Waals surface area (Å²) in [5.74, 6) is 0. The average molecular weight is 476 g/mol. The van der Waals surface area contributed by atoms with Crippen LogP contribution in [-0.4, -0.2) is 29.9 Å². The second kappa shape index (κ2) is 11.7. The molecule has 0 aliphatic carbocycles. The molecule has 3 aromatic carbocycles. The van der Waals surface area contributed by atoms with Crippen LogP contribution in [0.1, 0.15) is 43.9 Å². The highest BCUT2D eigenvalue weighted by atomic mass is 32.1. The van der Waals surface area contributed by atoms with Crippen molar-refractivity contribution in [3.8, 4) is 0 Å². The molecule has 3 N–H and O–H groups in total. The summed E-state index contributed by atoms with van der Waals surface area (Å²) < 4.78 is 5.27. The first-order chi connectivity index (χ1) is 16.3. The zero-order valence-electron chi connectivity index (χ0n) is 20.0. The third-order valence-corrected chi connectivity index (χ3v) is 5.48. The number of alkyl carbamates (subject to hydrolysis) is 1. The fourth-order valence-electron chi connectivity index (χ4n) is 3.79. The molecule has 0 aliphatic heterocycles. The number of benzene rings is 3. The molecule has 0 aliphatic rings. The molecule has 3 rings (SSSR count). The van der Waals surface area contributed by atoms with Crippen LogP contribution in [0.2, 0.25) is 0 Å². The Labute approximate surface area is 207 Å². The van der Waals surface area contributed by atoms with Crippen LogP contribution < -0.4 is 16.0 Å². The first-order valence-electron chi connectivity index (χ1n) is 11.5. The highest BCUT2D eigenvalue weighted by Crippen LogP contribution is 2.36. The van der Waals surface area contributed by atoms with E-state index in [2.05, 4.69) is 52.3 Å². The summed E-state index contributed by atoms with van der Waals surface area (Å²) in [6.07, 6.45) is 0.292. The Morgan fingerprint density at radius 1 is 0.735 bits per heavy atom. The maximum absolute atomic E-state index is 11.8. The van der Waals surface area contributed by atoms with Gasteiger partial charge in [0.25, 0.3) is 0 Å². The van der Waals surface area contributed by atoms with E-state index in [9.17, 15) is 4.79 Å². The molecule has 1 amide bonds. The molecule has 0 saturated heterocycles. The molecule has 0 heterocycles. The lowest BCUT2D eigenvalue weighted by atomic mass is 9.77. The minimum Gasteiger partial charge on any atom is -0.444 e. The van der Waals surface area contributed by atoms with Crippen molar-refractivity contribution in [2.75, 3.05) is 13.1 Å². The fraction of sp³-hybridized carbons (Fsp3) is 0.286. The van der Waals surface area contributed by atoms with Crippen LogP contribution in [0, 0.1) is 0 Å². The summed E-state index contributed by atoms with van der Waals surface area (Å²) in [6.45, 7) is 6.63. The lowest BCUT2D eigenvalue weighted by molar-refractivity contribution is 0.0527. The van der Waals surface area contributed by atoms with Crippen LogP contribution in [0.3, 0.4) is 0 Å². The fourth-order valence-corrected chi connectivity index (χ4v) is 4.05. The van der Waals surface area contributed by atoms with Gasteiger partial charge in [-0.05, 0) is 56.1 Å². The predicted molar refractivity (Wildman–Crippen MR) is 142 cm³/mol. The Bertz CT molecular complexity index is 955. The molecule has 3 aromatic rings. The van der Waals surface area contributed by atoms with Crippen molar-refractivity contribution in [3.05, 3.63) is 108 Å². The van der Waals surface area contributed by atoms with Crippen molar-refractivity contribution in [1.82, 2.24) is 16.0 Å². The van der Waals surface area contributed by atoms with Gasteiger partial charge in [-0.2, -0.15) is 0 Å². The van der Waals surface area contributed by atoms with Gasteiger partial charge >= 0.3 is 6.09 Å². The highest BCUT2D eigenvalue weighted by Gasteiger charge is 2.36. The van der Waals surface area contributed by atoms with E-state index in [0.717, 1.165) is 16.7 Å². The van der Waals surface area contributed by atoms with E-state index in [1.165, 1.54) is 0 Å².